The number of nitrogens with one attached hydrogen (secondary N) is 1. The Morgan fingerprint density at radius 3 is 2.71 bits per heavy atom. The van der Waals surface area contributed by atoms with Crippen molar-refractivity contribution in [3.8, 4) is 5.75 Å². The normalized spacial score (nSPS) is 18.3. The topological polar surface area (TPSA) is 41.6 Å². The third-order valence-electron chi connectivity index (χ3n) is 4.13. The van der Waals surface area contributed by atoms with E-state index in [0.717, 1.165) is 30.9 Å². The molecule has 4 nitrogen and oxygen atoms in total. The van der Waals surface area contributed by atoms with Crippen LogP contribution < -0.4 is 10.1 Å². The summed E-state index contributed by atoms with van der Waals surface area (Å²) >= 11 is 0. The third kappa shape index (κ3) is 4.74. The van der Waals surface area contributed by atoms with E-state index >= 15 is 0 Å². The van der Waals surface area contributed by atoms with Crippen LogP contribution in [0.3, 0.4) is 0 Å². The average Bonchev–Trinajstić information content (AvgIpc) is 2.54. The number of nitrogens with zero attached hydrogens (tertiary/aromatic N) is 1. The van der Waals surface area contributed by atoms with Gasteiger partial charge in [-0.15, -0.1) is 0 Å². The van der Waals surface area contributed by atoms with Gasteiger partial charge in [0.05, 0.1) is 7.11 Å². The van der Waals surface area contributed by atoms with E-state index in [0.29, 0.717) is 18.9 Å². The molecule has 2 rings (SSSR count). The first-order valence-corrected chi connectivity index (χ1v) is 7.84. The maximum absolute atomic E-state index is 12.4. The van der Waals surface area contributed by atoms with Crippen LogP contribution in [-0.2, 0) is 11.3 Å². The van der Waals surface area contributed by atoms with Gasteiger partial charge in [-0.25, -0.2) is 0 Å². The minimum Gasteiger partial charge on any atom is -0.497 e. The van der Waals surface area contributed by atoms with Crippen molar-refractivity contribution in [3.05, 3.63) is 29.8 Å². The largest absolute Gasteiger partial charge is 0.497 e. The van der Waals surface area contributed by atoms with Gasteiger partial charge in [-0.05, 0) is 56.5 Å². The molecule has 1 heterocycles. The predicted molar refractivity (Wildman–Crippen MR) is 84.3 cm³/mol. The number of amides is 1. The SMILES string of the molecule is CCN(Cc1ccc(OC)cc1)C(=O)CC1CCCNC1. The van der Waals surface area contributed by atoms with Gasteiger partial charge in [-0.3, -0.25) is 4.79 Å². The Morgan fingerprint density at radius 2 is 2.14 bits per heavy atom. The van der Waals surface area contributed by atoms with Gasteiger partial charge >= 0.3 is 0 Å². The first-order chi connectivity index (χ1) is 10.2. The molecule has 116 valence electrons. The van der Waals surface area contributed by atoms with Crippen molar-refractivity contribution in [2.75, 3.05) is 26.7 Å². The fraction of sp³-hybridized carbons (Fsp3) is 0.588. The molecule has 1 fully saturated rings. The zero-order valence-electron chi connectivity index (χ0n) is 13.1. The van der Waals surface area contributed by atoms with Crippen molar-refractivity contribution in [1.82, 2.24) is 10.2 Å². The molecule has 1 atom stereocenters. The molecule has 1 aromatic rings. The third-order valence-corrected chi connectivity index (χ3v) is 4.13. The first-order valence-electron chi connectivity index (χ1n) is 7.84. The fourth-order valence-corrected chi connectivity index (χ4v) is 2.80. The molecule has 4 heteroatoms. The molecule has 21 heavy (non-hydrogen) atoms. The van der Waals surface area contributed by atoms with Crippen molar-refractivity contribution in [2.45, 2.75) is 32.7 Å². The number of benzene rings is 1. The molecule has 1 aliphatic rings. The fourth-order valence-electron chi connectivity index (χ4n) is 2.80. The van der Waals surface area contributed by atoms with Crippen molar-refractivity contribution in [2.24, 2.45) is 5.92 Å². The molecule has 1 aromatic carbocycles. The lowest BCUT2D eigenvalue weighted by Gasteiger charge is -2.26. The van der Waals surface area contributed by atoms with Crippen LogP contribution in [0.4, 0.5) is 0 Å². The maximum Gasteiger partial charge on any atom is 0.223 e. The summed E-state index contributed by atoms with van der Waals surface area (Å²) in [4.78, 5) is 14.4. The van der Waals surface area contributed by atoms with E-state index in [9.17, 15) is 4.79 Å². The quantitative estimate of drug-likeness (QED) is 0.875. The lowest BCUT2D eigenvalue weighted by Crippen LogP contribution is -2.36. The number of carbonyl (C=O) groups is 1. The lowest BCUT2D eigenvalue weighted by molar-refractivity contribution is -0.132. The van der Waals surface area contributed by atoms with Crippen LogP contribution in [0.25, 0.3) is 0 Å². The Labute approximate surface area is 127 Å². The van der Waals surface area contributed by atoms with E-state index in [4.69, 9.17) is 4.74 Å². The second kappa shape index (κ2) is 8.03. The Morgan fingerprint density at radius 1 is 1.38 bits per heavy atom. The van der Waals surface area contributed by atoms with Gasteiger partial charge in [0.15, 0.2) is 0 Å². The highest BCUT2D eigenvalue weighted by molar-refractivity contribution is 5.76. The van der Waals surface area contributed by atoms with Gasteiger partial charge < -0.3 is 15.0 Å². The average molecular weight is 290 g/mol. The van der Waals surface area contributed by atoms with Crippen LogP contribution in [0.1, 0.15) is 31.7 Å². The van der Waals surface area contributed by atoms with E-state index in [1.807, 2.05) is 36.1 Å². The molecule has 1 aliphatic heterocycles. The lowest BCUT2D eigenvalue weighted by atomic mass is 9.95. The number of methoxy groups -OCH3 is 1. The zero-order chi connectivity index (χ0) is 15.1. The minimum absolute atomic E-state index is 0.266. The molecular formula is C17H26N2O2. The minimum atomic E-state index is 0.266. The van der Waals surface area contributed by atoms with Crippen molar-refractivity contribution in [1.29, 1.82) is 0 Å². The highest BCUT2D eigenvalue weighted by atomic mass is 16.5. The Balaban J connectivity index is 1.89. The molecule has 0 spiro atoms. The predicted octanol–water partition coefficient (Wildman–Crippen LogP) is 2.43. The van der Waals surface area contributed by atoms with Gasteiger partial charge in [0.25, 0.3) is 0 Å². The van der Waals surface area contributed by atoms with E-state index < -0.39 is 0 Å². The molecule has 0 bridgehead atoms. The molecular weight excluding hydrogens is 264 g/mol. The molecule has 0 aromatic heterocycles. The van der Waals surface area contributed by atoms with Crippen molar-refractivity contribution >= 4 is 5.91 Å². The van der Waals surface area contributed by atoms with Gasteiger partial charge in [-0.1, -0.05) is 12.1 Å². The number of piperidine rings is 1. The molecule has 0 radical (unpaired) electrons. The number of hydrogen-bond donors (Lipinski definition) is 1. The summed E-state index contributed by atoms with van der Waals surface area (Å²) in [7, 11) is 1.66. The number of carbonyl (C=O) groups excluding carboxylic acids is 1. The van der Waals surface area contributed by atoms with E-state index in [2.05, 4.69) is 5.32 Å². The summed E-state index contributed by atoms with van der Waals surface area (Å²) in [5.74, 6) is 1.61. The van der Waals surface area contributed by atoms with Gasteiger partial charge in [0.2, 0.25) is 5.91 Å². The molecule has 0 aliphatic carbocycles. The van der Waals surface area contributed by atoms with Crippen molar-refractivity contribution in [3.63, 3.8) is 0 Å². The Hall–Kier alpha value is -1.55. The molecule has 1 unspecified atom stereocenters. The maximum atomic E-state index is 12.4. The van der Waals surface area contributed by atoms with Crippen molar-refractivity contribution < 1.29 is 9.53 Å². The highest BCUT2D eigenvalue weighted by Crippen LogP contribution is 2.17. The number of hydrogen-bond acceptors (Lipinski definition) is 3. The molecule has 1 saturated heterocycles. The smallest absolute Gasteiger partial charge is 0.223 e. The number of ether oxygens (including phenoxy) is 1. The van der Waals surface area contributed by atoms with E-state index in [1.54, 1.807) is 7.11 Å². The molecule has 1 amide bonds. The van der Waals surface area contributed by atoms with Gasteiger partial charge in [-0.2, -0.15) is 0 Å². The van der Waals surface area contributed by atoms with Crippen LogP contribution >= 0.6 is 0 Å². The van der Waals surface area contributed by atoms with Crippen LogP contribution in [0, 0.1) is 5.92 Å². The van der Waals surface area contributed by atoms with Gasteiger partial charge in [0.1, 0.15) is 5.75 Å². The van der Waals surface area contributed by atoms with Crippen LogP contribution in [0.5, 0.6) is 5.75 Å². The zero-order valence-corrected chi connectivity index (χ0v) is 13.1. The van der Waals surface area contributed by atoms with Gasteiger partial charge in [0, 0.05) is 19.5 Å². The standard InChI is InChI=1S/C17H26N2O2/c1-3-19(13-14-6-8-16(21-2)9-7-14)17(20)11-15-5-4-10-18-12-15/h6-9,15,18H,3-5,10-13H2,1-2H3. The first kappa shape index (κ1) is 15.8. The summed E-state index contributed by atoms with van der Waals surface area (Å²) in [6.45, 7) is 5.55. The summed E-state index contributed by atoms with van der Waals surface area (Å²) < 4.78 is 5.16. The number of rotatable bonds is 6. The van der Waals surface area contributed by atoms with Crippen LogP contribution in [0.2, 0.25) is 0 Å². The van der Waals surface area contributed by atoms with E-state index in [1.165, 1.54) is 12.8 Å². The highest BCUT2D eigenvalue weighted by Gasteiger charge is 2.20. The van der Waals surface area contributed by atoms with Crippen LogP contribution in [0.15, 0.2) is 24.3 Å². The second-order valence-electron chi connectivity index (χ2n) is 5.67. The summed E-state index contributed by atoms with van der Waals surface area (Å²) in [6, 6.07) is 7.94. The Bertz CT molecular complexity index is 439. The van der Waals surface area contributed by atoms with Crippen LogP contribution in [-0.4, -0.2) is 37.6 Å². The molecule has 1 N–H and O–H groups in total. The Kier molecular flexibility index (Phi) is 6.05. The summed E-state index contributed by atoms with van der Waals surface area (Å²) in [5.41, 5.74) is 1.15. The second-order valence-corrected chi connectivity index (χ2v) is 5.67. The summed E-state index contributed by atoms with van der Waals surface area (Å²) in [5, 5.41) is 3.37. The molecule has 0 saturated carbocycles. The van der Waals surface area contributed by atoms with E-state index in [-0.39, 0.29) is 5.91 Å². The summed E-state index contributed by atoms with van der Waals surface area (Å²) in [6.07, 6.45) is 3.01. The monoisotopic (exact) mass is 290 g/mol.